The van der Waals surface area contributed by atoms with E-state index in [-0.39, 0.29) is 23.4 Å². The first-order valence-electron chi connectivity index (χ1n) is 6.42. The van der Waals surface area contributed by atoms with E-state index < -0.39 is 16.1 Å². The highest BCUT2D eigenvalue weighted by molar-refractivity contribution is 7.89. The van der Waals surface area contributed by atoms with E-state index in [1.807, 2.05) is 13.8 Å². The molecule has 0 saturated carbocycles. The highest BCUT2D eigenvalue weighted by atomic mass is 32.2. The summed E-state index contributed by atoms with van der Waals surface area (Å²) in [4.78, 5) is 0.0931. The van der Waals surface area contributed by atoms with Crippen molar-refractivity contribution in [3.05, 3.63) is 23.8 Å². The largest absolute Gasteiger partial charge is 0.390 e. The number of aliphatic hydroxyl groups is 1. The standard InChI is InChI=1S/C11H18N6O3S/c1-7(2)17-5-10(4-9(17)6-18)21(19,20)14-8(3)11-12-15-16-13-11/h4-5,7-8,14,18H,6H2,1-3H3,(H,12,13,15,16). The van der Waals surface area contributed by atoms with Crippen LogP contribution < -0.4 is 4.72 Å². The van der Waals surface area contributed by atoms with Crippen LogP contribution in [0.5, 0.6) is 0 Å². The van der Waals surface area contributed by atoms with Crippen LogP contribution in [-0.2, 0) is 16.6 Å². The van der Waals surface area contributed by atoms with Crippen molar-refractivity contribution in [2.45, 2.75) is 44.4 Å². The van der Waals surface area contributed by atoms with Crippen LogP contribution in [0.25, 0.3) is 0 Å². The summed E-state index contributed by atoms with van der Waals surface area (Å²) in [6, 6.07) is 0.880. The molecule has 116 valence electrons. The van der Waals surface area contributed by atoms with Crippen molar-refractivity contribution in [2.24, 2.45) is 0 Å². The third-order valence-corrected chi connectivity index (χ3v) is 4.52. The lowest BCUT2D eigenvalue weighted by Gasteiger charge is -2.11. The highest BCUT2D eigenvalue weighted by Crippen LogP contribution is 2.20. The highest BCUT2D eigenvalue weighted by Gasteiger charge is 2.23. The fourth-order valence-corrected chi connectivity index (χ4v) is 3.21. The molecule has 0 spiro atoms. The molecule has 0 aliphatic heterocycles. The van der Waals surface area contributed by atoms with Gasteiger partial charge in [-0.2, -0.15) is 5.21 Å². The molecule has 0 fully saturated rings. The SMILES string of the molecule is CC(NS(=O)(=O)c1cc(CO)n(C(C)C)c1)c1nn[nH]n1. The number of tetrazole rings is 1. The van der Waals surface area contributed by atoms with E-state index in [2.05, 4.69) is 25.3 Å². The fourth-order valence-electron chi connectivity index (χ4n) is 1.96. The lowest BCUT2D eigenvalue weighted by Crippen LogP contribution is -2.27. The molecule has 9 nitrogen and oxygen atoms in total. The van der Waals surface area contributed by atoms with Crippen molar-refractivity contribution in [1.82, 2.24) is 29.9 Å². The molecule has 21 heavy (non-hydrogen) atoms. The first-order valence-corrected chi connectivity index (χ1v) is 7.90. The van der Waals surface area contributed by atoms with Crippen LogP contribution in [0.1, 0.15) is 44.4 Å². The molecule has 0 radical (unpaired) electrons. The predicted octanol–water partition coefficient (Wildman–Crippen LogP) is 0.114. The molecule has 3 N–H and O–H groups in total. The maximum absolute atomic E-state index is 12.3. The molecule has 2 rings (SSSR count). The predicted molar refractivity (Wildman–Crippen MR) is 73.7 cm³/mol. The van der Waals surface area contributed by atoms with Crippen LogP contribution in [0.2, 0.25) is 0 Å². The quantitative estimate of drug-likeness (QED) is 0.695. The van der Waals surface area contributed by atoms with E-state index in [1.54, 1.807) is 11.5 Å². The Kier molecular flexibility index (Phi) is 4.40. The Morgan fingerprint density at radius 1 is 1.43 bits per heavy atom. The zero-order valence-electron chi connectivity index (χ0n) is 12.0. The van der Waals surface area contributed by atoms with Gasteiger partial charge in [-0.25, -0.2) is 13.1 Å². The van der Waals surface area contributed by atoms with Gasteiger partial charge in [-0.05, 0) is 26.8 Å². The number of aromatic amines is 1. The molecule has 0 amide bonds. The first kappa shape index (κ1) is 15.6. The molecule has 2 aromatic rings. The van der Waals surface area contributed by atoms with Crippen LogP contribution in [0.3, 0.4) is 0 Å². The number of aliphatic hydroxyl groups excluding tert-OH is 1. The average Bonchev–Trinajstić information content (AvgIpc) is 3.07. The number of nitrogens with one attached hydrogen (secondary N) is 2. The van der Waals surface area contributed by atoms with Gasteiger partial charge in [0.2, 0.25) is 10.0 Å². The van der Waals surface area contributed by atoms with Gasteiger partial charge < -0.3 is 9.67 Å². The van der Waals surface area contributed by atoms with Crippen LogP contribution in [0.4, 0.5) is 0 Å². The molecular formula is C11H18N6O3S. The van der Waals surface area contributed by atoms with E-state index in [0.29, 0.717) is 5.69 Å². The Labute approximate surface area is 122 Å². The molecule has 0 aliphatic rings. The fraction of sp³-hybridized carbons (Fsp3) is 0.545. The number of hydrogen-bond donors (Lipinski definition) is 3. The van der Waals surface area contributed by atoms with Crippen LogP contribution >= 0.6 is 0 Å². The zero-order valence-corrected chi connectivity index (χ0v) is 12.8. The molecule has 0 aromatic carbocycles. The molecule has 0 bridgehead atoms. The summed E-state index contributed by atoms with van der Waals surface area (Å²) in [6.07, 6.45) is 1.50. The minimum atomic E-state index is -3.73. The second kappa shape index (κ2) is 5.92. The Hall–Kier alpha value is -1.78. The lowest BCUT2D eigenvalue weighted by molar-refractivity contribution is 0.268. The number of nitrogens with zero attached hydrogens (tertiary/aromatic N) is 4. The number of hydrogen-bond acceptors (Lipinski definition) is 6. The van der Waals surface area contributed by atoms with Gasteiger partial charge in [0, 0.05) is 17.9 Å². The topological polar surface area (TPSA) is 126 Å². The van der Waals surface area contributed by atoms with Crippen molar-refractivity contribution < 1.29 is 13.5 Å². The Bertz CT molecular complexity index is 692. The van der Waals surface area contributed by atoms with Gasteiger partial charge in [-0.3, -0.25) is 0 Å². The van der Waals surface area contributed by atoms with Crippen LogP contribution in [-0.4, -0.2) is 38.7 Å². The lowest BCUT2D eigenvalue weighted by atomic mass is 10.3. The Morgan fingerprint density at radius 2 is 2.14 bits per heavy atom. The minimum absolute atomic E-state index is 0.0470. The molecule has 10 heteroatoms. The van der Waals surface area contributed by atoms with Gasteiger partial charge in [0.1, 0.15) is 4.90 Å². The van der Waals surface area contributed by atoms with Crippen molar-refractivity contribution >= 4 is 10.0 Å². The minimum Gasteiger partial charge on any atom is -0.390 e. The molecule has 0 saturated heterocycles. The molecule has 1 atom stereocenters. The van der Waals surface area contributed by atoms with Gasteiger partial charge in [0.25, 0.3) is 0 Å². The molecule has 0 aliphatic carbocycles. The summed E-state index contributed by atoms with van der Waals surface area (Å²) in [6.45, 7) is 5.21. The van der Waals surface area contributed by atoms with Gasteiger partial charge in [-0.15, -0.1) is 10.2 Å². The Balaban J connectivity index is 2.27. The summed E-state index contributed by atoms with van der Waals surface area (Å²) in [5, 5.41) is 22.5. The molecule has 2 aromatic heterocycles. The third-order valence-electron chi connectivity index (χ3n) is 3.02. The summed E-state index contributed by atoms with van der Waals surface area (Å²) >= 11 is 0. The Morgan fingerprint density at radius 3 is 2.62 bits per heavy atom. The van der Waals surface area contributed by atoms with E-state index in [4.69, 9.17) is 0 Å². The number of rotatable bonds is 6. The summed E-state index contributed by atoms with van der Waals surface area (Å²) < 4.78 is 28.9. The van der Waals surface area contributed by atoms with E-state index in [0.717, 1.165) is 0 Å². The molecule has 2 heterocycles. The average molecular weight is 314 g/mol. The number of aromatic nitrogens is 5. The summed E-state index contributed by atoms with van der Waals surface area (Å²) in [5.74, 6) is 0.254. The number of H-pyrrole nitrogens is 1. The second-order valence-corrected chi connectivity index (χ2v) is 6.65. The van der Waals surface area contributed by atoms with Crippen LogP contribution in [0, 0.1) is 0 Å². The normalized spacial score (nSPS) is 13.8. The smallest absolute Gasteiger partial charge is 0.242 e. The monoisotopic (exact) mass is 314 g/mol. The third kappa shape index (κ3) is 3.28. The van der Waals surface area contributed by atoms with Gasteiger partial charge in [0.05, 0.1) is 12.6 Å². The first-order chi connectivity index (χ1) is 9.85. The number of sulfonamides is 1. The second-order valence-electron chi connectivity index (χ2n) is 4.94. The molecule has 1 unspecified atom stereocenters. The van der Waals surface area contributed by atoms with Gasteiger partial charge in [0.15, 0.2) is 5.82 Å². The maximum atomic E-state index is 12.3. The van der Waals surface area contributed by atoms with Crippen molar-refractivity contribution in [3.8, 4) is 0 Å². The maximum Gasteiger partial charge on any atom is 0.242 e. The summed E-state index contributed by atoms with van der Waals surface area (Å²) in [5.41, 5.74) is 0.539. The zero-order chi connectivity index (χ0) is 15.6. The van der Waals surface area contributed by atoms with Gasteiger partial charge in [-0.1, -0.05) is 5.21 Å². The van der Waals surface area contributed by atoms with Crippen molar-refractivity contribution in [3.63, 3.8) is 0 Å². The van der Waals surface area contributed by atoms with Gasteiger partial charge >= 0.3 is 0 Å². The van der Waals surface area contributed by atoms with Crippen molar-refractivity contribution in [1.29, 1.82) is 0 Å². The van der Waals surface area contributed by atoms with Crippen molar-refractivity contribution in [2.75, 3.05) is 0 Å². The van der Waals surface area contributed by atoms with E-state index >= 15 is 0 Å². The van der Waals surface area contributed by atoms with E-state index in [9.17, 15) is 13.5 Å². The summed E-state index contributed by atoms with van der Waals surface area (Å²) in [7, 11) is -3.73. The van der Waals surface area contributed by atoms with Crippen LogP contribution in [0.15, 0.2) is 17.2 Å². The molecular weight excluding hydrogens is 296 g/mol. The van der Waals surface area contributed by atoms with E-state index in [1.165, 1.54) is 12.3 Å².